The van der Waals surface area contributed by atoms with Gasteiger partial charge in [-0.1, -0.05) is 48.5 Å². The summed E-state index contributed by atoms with van der Waals surface area (Å²) in [5, 5.41) is 7.80. The normalized spacial score (nSPS) is 11.4. The van der Waals surface area contributed by atoms with E-state index in [0.29, 0.717) is 0 Å². The molecule has 0 spiro atoms. The third-order valence-electron chi connectivity index (χ3n) is 1.41. The van der Waals surface area contributed by atoms with Crippen molar-refractivity contribution >= 4 is 11.9 Å². The van der Waals surface area contributed by atoms with E-state index in [9.17, 15) is 0 Å². The Morgan fingerprint density at radius 1 is 1.00 bits per heavy atom. The fourth-order valence-electron chi connectivity index (χ4n) is 0.294. The summed E-state index contributed by atoms with van der Waals surface area (Å²) in [6.45, 7) is 18.2. The second-order valence-electron chi connectivity index (χ2n) is 3.31. The van der Waals surface area contributed by atoms with Crippen LogP contribution in [0.2, 0.25) is 0 Å². The Morgan fingerprint density at radius 3 is 1.57 bits per heavy atom. The molecule has 0 rings (SSSR count). The fraction of sp³-hybridized carbons (Fsp3) is 0.833. The van der Waals surface area contributed by atoms with Gasteiger partial charge in [-0.2, -0.15) is 10.2 Å². The lowest BCUT2D eigenvalue weighted by Crippen LogP contribution is -2.16. The van der Waals surface area contributed by atoms with Crippen molar-refractivity contribution in [2.75, 3.05) is 0 Å². The molecule has 14 heavy (non-hydrogen) atoms. The second-order valence-corrected chi connectivity index (χ2v) is 3.31. The van der Waals surface area contributed by atoms with Crippen molar-refractivity contribution in [3.05, 3.63) is 0 Å². The minimum atomic E-state index is 0.145. The van der Waals surface area contributed by atoms with Gasteiger partial charge in [-0.15, -0.1) is 0 Å². The predicted molar refractivity (Wildman–Crippen MR) is 69.4 cm³/mol. The lowest BCUT2D eigenvalue weighted by atomic mass is 9.91. The Balaban J connectivity index is -0.000000266. The molecule has 0 fully saturated rings. The second kappa shape index (κ2) is 12.3. The van der Waals surface area contributed by atoms with Crippen LogP contribution in [0.15, 0.2) is 10.2 Å². The molecule has 0 aromatic heterocycles. The van der Waals surface area contributed by atoms with Gasteiger partial charge in [0, 0.05) is 17.3 Å². The summed E-state index contributed by atoms with van der Waals surface area (Å²) in [6, 6.07) is 0. The Morgan fingerprint density at radius 2 is 1.36 bits per heavy atom. The van der Waals surface area contributed by atoms with Crippen molar-refractivity contribution in [3.63, 3.8) is 0 Å². The van der Waals surface area contributed by atoms with Crippen molar-refractivity contribution < 1.29 is 0 Å². The average molecular weight is 200 g/mol. The van der Waals surface area contributed by atoms with Crippen molar-refractivity contribution in [2.24, 2.45) is 15.6 Å². The molecule has 2 heteroatoms. The molecule has 0 aromatic carbocycles. The van der Waals surface area contributed by atoms with E-state index in [1.807, 2.05) is 41.5 Å². The molecule has 0 aliphatic heterocycles. The third-order valence-corrected chi connectivity index (χ3v) is 1.41. The van der Waals surface area contributed by atoms with E-state index in [1.165, 1.54) is 0 Å². The van der Waals surface area contributed by atoms with Gasteiger partial charge in [0.25, 0.3) is 0 Å². The lowest BCUT2D eigenvalue weighted by Gasteiger charge is -2.15. The molecule has 0 saturated heterocycles. The van der Waals surface area contributed by atoms with Gasteiger partial charge in [0.15, 0.2) is 0 Å². The summed E-state index contributed by atoms with van der Waals surface area (Å²) in [5.74, 6) is 0. The molecule has 0 N–H and O–H groups in total. The van der Waals surface area contributed by atoms with Gasteiger partial charge in [0.2, 0.25) is 0 Å². The van der Waals surface area contributed by atoms with Crippen LogP contribution in [0.1, 0.15) is 62.3 Å². The van der Waals surface area contributed by atoms with Crippen LogP contribution in [0.4, 0.5) is 0 Å². The molecule has 0 atom stereocenters. The lowest BCUT2D eigenvalue weighted by molar-refractivity contribution is 0.585. The number of hydrogen-bond acceptors (Lipinski definition) is 2. The van der Waals surface area contributed by atoms with Gasteiger partial charge in [0.1, 0.15) is 0 Å². The SMILES string of the molecule is C/C=N\N=C(/C)C(C)(C)C.CC.CC. The molecule has 0 aliphatic rings. The molecule has 0 saturated carbocycles. The Hall–Kier alpha value is -0.660. The Labute approximate surface area is 90.5 Å². The topological polar surface area (TPSA) is 24.7 Å². The largest absolute Gasteiger partial charge is 0.164 e. The van der Waals surface area contributed by atoms with E-state index < -0.39 is 0 Å². The van der Waals surface area contributed by atoms with Crippen molar-refractivity contribution in [1.82, 2.24) is 0 Å². The van der Waals surface area contributed by atoms with Crippen molar-refractivity contribution in [3.8, 4) is 0 Å². The summed E-state index contributed by atoms with van der Waals surface area (Å²) >= 11 is 0. The first kappa shape index (κ1) is 19.0. The summed E-state index contributed by atoms with van der Waals surface area (Å²) in [6.07, 6.45) is 1.69. The number of nitrogens with zero attached hydrogens (tertiary/aromatic N) is 2. The van der Waals surface area contributed by atoms with Gasteiger partial charge in [-0.05, 0) is 13.8 Å². The number of hydrogen-bond donors (Lipinski definition) is 0. The first-order valence-electron chi connectivity index (χ1n) is 5.51. The van der Waals surface area contributed by atoms with Gasteiger partial charge < -0.3 is 0 Å². The summed E-state index contributed by atoms with van der Waals surface area (Å²) < 4.78 is 0. The van der Waals surface area contributed by atoms with Crippen molar-refractivity contribution in [1.29, 1.82) is 0 Å². The maximum Gasteiger partial charge on any atom is 0.0428 e. The minimum Gasteiger partial charge on any atom is -0.164 e. The van der Waals surface area contributed by atoms with E-state index >= 15 is 0 Å². The van der Waals surface area contributed by atoms with E-state index in [1.54, 1.807) is 6.21 Å². The molecule has 0 amide bonds. The van der Waals surface area contributed by atoms with E-state index in [-0.39, 0.29) is 5.41 Å². The highest BCUT2D eigenvalue weighted by Crippen LogP contribution is 2.15. The van der Waals surface area contributed by atoms with Crippen molar-refractivity contribution in [2.45, 2.75) is 62.3 Å². The maximum atomic E-state index is 4.00. The van der Waals surface area contributed by atoms with Crippen LogP contribution < -0.4 is 0 Å². The van der Waals surface area contributed by atoms with Crippen LogP contribution in [0.25, 0.3) is 0 Å². The minimum absolute atomic E-state index is 0.145. The van der Waals surface area contributed by atoms with E-state index in [0.717, 1.165) is 5.71 Å². The molecule has 2 nitrogen and oxygen atoms in total. The van der Waals surface area contributed by atoms with Crippen LogP contribution in [0.5, 0.6) is 0 Å². The Kier molecular flexibility index (Phi) is 16.7. The fourth-order valence-corrected chi connectivity index (χ4v) is 0.294. The van der Waals surface area contributed by atoms with E-state index in [4.69, 9.17) is 0 Å². The summed E-state index contributed by atoms with van der Waals surface area (Å²) in [5.41, 5.74) is 1.21. The highest BCUT2D eigenvalue weighted by Gasteiger charge is 2.13. The third kappa shape index (κ3) is 13.9. The van der Waals surface area contributed by atoms with Crippen LogP contribution in [-0.2, 0) is 0 Å². The highest BCUT2D eigenvalue weighted by atomic mass is 15.2. The maximum absolute atomic E-state index is 4.00. The zero-order chi connectivity index (χ0) is 12.2. The quantitative estimate of drug-likeness (QED) is 0.438. The molecule has 0 bridgehead atoms. The Bertz CT molecular complexity index is 150. The zero-order valence-electron chi connectivity index (χ0n) is 11.5. The first-order valence-corrected chi connectivity index (χ1v) is 5.51. The molecular formula is C12H28N2. The first-order chi connectivity index (χ1) is 6.48. The van der Waals surface area contributed by atoms with Crippen LogP contribution >= 0.6 is 0 Å². The molecule has 0 unspecified atom stereocenters. The monoisotopic (exact) mass is 200 g/mol. The van der Waals surface area contributed by atoms with Crippen LogP contribution in [-0.4, -0.2) is 11.9 Å². The molecule has 0 heterocycles. The van der Waals surface area contributed by atoms with Crippen LogP contribution in [0, 0.1) is 5.41 Å². The smallest absolute Gasteiger partial charge is 0.0428 e. The molecular weight excluding hydrogens is 172 g/mol. The summed E-state index contributed by atoms with van der Waals surface area (Å²) in [7, 11) is 0. The van der Waals surface area contributed by atoms with Gasteiger partial charge in [-0.25, -0.2) is 0 Å². The average Bonchev–Trinajstić information content (AvgIpc) is 2.19. The predicted octanol–water partition coefficient (Wildman–Crippen LogP) is 4.55. The molecule has 0 aromatic rings. The van der Waals surface area contributed by atoms with E-state index in [2.05, 4.69) is 31.0 Å². The van der Waals surface area contributed by atoms with Gasteiger partial charge in [-0.3, -0.25) is 0 Å². The highest BCUT2D eigenvalue weighted by molar-refractivity contribution is 5.87. The molecule has 0 radical (unpaired) electrons. The van der Waals surface area contributed by atoms with Crippen LogP contribution in [0.3, 0.4) is 0 Å². The standard InChI is InChI=1S/C8H16N2.2C2H6/c1-6-9-10-7(2)8(3,4)5;2*1-2/h6H,1-5H3;2*1-2H3/b9-6-,10-7+;;. The summed E-state index contributed by atoms with van der Waals surface area (Å²) in [4.78, 5) is 0. The zero-order valence-corrected chi connectivity index (χ0v) is 11.5. The van der Waals surface area contributed by atoms with Gasteiger partial charge >= 0.3 is 0 Å². The molecule has 0 aliphatic carbocycles. The number of rotatable bonds is 1. The molecule has 86 valence electrons. The van der Waals surface area contributed by atoms with Gasteiger partial charge in [0.05, 0.1) is 0 Å².